The normalized spacial score (nSPS) is 10.2. The lowest BCUT2D eigenvalue weighted by atomic mass is 10.3. The highest BCUT2D eigenvalue weighted by molar-refractivity contribution is 7.80. The number of hydrogen-bond donors (Lipinski definition) is 1. The average molecular weight is 287 g/mol. The van der Waals surface area contributed by atoms with Crippen molar-refractivity contribution < 1.29 is 0 Å². The quantitative estimate of drug-likeness (QED) is 0.881. The zero-order valence-corrected chi connectivity index (χ0v) is 10.9. The smallest absolute Gasteiger partial charge is 0.137 e. The minimum absolute atomic E-state index is 0.453. The Labute approximate surface area is 114 Å². The zero-order valence-electron chi connectivity index (χ0n) is 8.60. The molecule has 17 heavy (non-hydrogen) atoms. The molecule has 0 aliphatic carbocycles. The number of benzene rings is 1. The summed E-state index contributed by atoms with van der Waals surface area (Å²) in [7, 11) is 0. The Morgan fingerprint density at radius 1 is 1.41 bits per heavy atom. The summed E-state index contributed by atoms with van der Waals surface area (Å²) in [5, 5.41) is 8.10. The van der Waals surface area contributed by atoms with Crippen molar-refractivity contribution in [3.05, 3.63) is 40.9 Å². The van der Waals surface area contributed by atoms with Crippen molar-refractivity contribution >= 4 is 46.1 Å². The summed E-state index contributed by atoms with van der Waals surface area (Å²) in [4.78, 5) is 4.43. The molecule has 0 amide bonds. The van der Waals surface area contributed by atoms with E-state index in [1.807, 2.05) is 0 Å². The summed E-state index contributed by atoms with van der Waals surface area (Å²) in [6, 6.07) is 5.18. The van der Waals surface area contributed by atoms with Gasteiger partial charge in [-0.05, 0) is 18.2 Å². The zero-order chi connectivity index (χ0) is 12.3. The lowest BCUT2D eigenvalue weighted by Crippen LogP contribution is -2.17. The third kappa shape index (κ3) is 3.39. The summed E-state index contributed by atoms with van der Waals surface area (Å²) in [5.41, 5.74) is 0.723. The Kier molecular flexibility index (Phi) is 3.93. The van der Waals surface area contributed by atoms with Gasteiger partial charge >= 0.3 is 0 Å². The molecule has 88 valence electrons. The molecule has 0 saturated heterocycles. The van der Waals surface area contributed by atoms with Crippen LogP contribution in [0.15, 0.2) is 30.9 Å². The van der Waals surface area contributed by atoms with Crippen molar-refractivity contribution in [1.82, 2.24) is 14.8 Å². The number of aromatic nitrogens is 3. The van der Waals surface area contributed by atoms with Crippen LogP contribution in [0.2, 0.25) is 10.0 Å². The van der Waals surface area contributed by atoms with Gasteiger partial charge in [-0.15, -0.1) is 0 Å². The molecule has 0 fully saturated rings. The molecule has 0 aliphatic rings. The molecule has 0 atom stereocenters. The van der Waals surface area contributed by atoms with Crippen LogP contribution in [0, 0.1) is 0 Å². The van der Waals surface area contributed by atoms with Crippen molar-refractivity contribution in [1.29, 1.82) is 0 Å². The van der Waals surface area contributed by atoms with Crippen LogP contribution in [0.25, 0.3) is 0 Å². The highest BCUT2D eigenvalue weighted by atomic mass is 35.5. The van der Waals surface area contributed by atoms with E-state index in [0.29, 0.717) is 21.6 Å². The van der Waals surface area contributed by atoms with E-state index in [1.54, 1.807) is 29.2 Å². The van der Waals surface area contributed by atoms with Gasteiger partial charge < -0.3 is 5.32 Å². The van der Waals surface area contributed by atoms with Crippen molar-refractivity contribution in [3.8, 4) is 0 Å². The Bertz CT molecular complexity index is 527. The van der Waals surface area contributed by atoms with E-state index in [0.717, 1.165) is 5.69 Å². The van der Waals surface area contributed by atoms with E-state index in [1.165, 1.54) is 6.33 Å². The summed E-state index contributed by atoms with van der Waals surface area (Å²) in [6.45, 7) is 0.453. The Morgan fingerprint density at radius 2 is 2.24 bits per heavy atom. The predicted octanol–water partition coefficient (Wildman–Crippen LogP) is 3.02. The van der Waals surface area contributed by atoms with Crippen molar-refractivity contribution in [2.75, 3.05) is 5.32 Å². The summed E-state index contributed by atoms with van der Waals surface area (Å²) < 4.78 is 1.62. The van der Waals surface area contributed by atoms with Crippen molar-refractivity contribution in [2.45, 2.75) is 6.54 Å². The number of nitrogens with one attached hydrogen (secondary N) is 1. The Morgan fingerprint density at radius 3 is 2.88 bits per heavy atom. The van der Waals surface area contributed by atoms with Crippen molar-refractivity contribution in [2.24, 2.45) is 0 Å². The van der Waals surface area contributed by atoms with Crippen LogP contribution in [0.5, 0.6) is 0 Å². The van der Waals surface area contributed by atoms with E-state index in [9.17, 15) is 0 Å². The standard InChI is InChI=1S/C10H8Cl2N4S/c11-7-1-2-9(8(12)3-7)15-10(17)4-16-6-13-5-14-16/h1-3,5-6H,4H2,(H,15,17). The van der Waals surface area contributed by atoms with Gasteiger partial charge in [0.05, 0.1) is 17.3 Å². The van der Waals surface area contributed by atoms with Crippen LogP contribution in [-0.4, -0.2) is 19.8 Å². The minimum Gasteiger partial charge on any atom is -0.347 e. The molecule has 0 radical (unpaired) electrons. The Hall–Kier alpha value is -1.17. The number of nitrogens with zero attached hydrogens (tertiary/aromatic N) is 3. The van der Waals surface area contributed by atoms with Gasteiger partial charge in [-0.1, -0.05) is 35.4 Å². The monoisotopic (exact) mass is 286 g/mol. The van der Waals surface area contributed by atoms with Gasteiger partial charge in [0.1, 0.15) is 17.6 Å². The summed E-state index contributed by atoms with van der Waals surface area (Å²) in [6.07, 6.45) is 3.05. The van der Waals surface area contributed by atoms with Crippen LogP contribution in [0.4, 0.5) is 5.69 Å². The van der Waals surface area contributed by atoms with Crippen LogP contribution < -0.4 is 5.32 Å². The second-order valence-electron chi connectivity index (χ2n) is 3.27. The molecular weight excluding hydrogens is 279 g/mol. The summed E-state index contributed by atoms with van der Waals surface area (Å²) in [5.74, 6) is 0. The SMILES string of the molecule is S=C(Cn1cncn1)Nc1ccc(Cl)cc1Cl. The highest BCUT2D eigenvalue weighted by Gasteiger charge is 2.04. The van der Waals surface area contributed by atoms with Crippen LogP contribution in [0.1, 0.15) is 0 Å². The first-order chi connectivity index (χ1) is 8.15. The number of thiocarbonyl (C=S) groups is 1. The van der Waals surface area contributed by atoms with Gasteiger partial charge in [0.15, 0.2) is 0 Å². The van der Waals surface area contributed by atoms with E-state index in [-0.39, 0.29) is 0 Å². The van der Waals surface area contributed by atoms with Crippen molar-refractivity contribution in [3.63, 3.8) is 0 Å². The molecule has 1 N–H and O–H groups in total. The summed E-state index contributed by atoms with van der Waals surface area (Å²) >= 11 is 17.0. The highest BCUT2D eigenvalue weighted by Crippen LogP contribution is 2.25. The molecule has 1 heterocycles. The number of halogens is 2. The molecule has 1 aromatic carbocycles. The third-order valence-electron chi connectivity index (χ3n) is 1.98. The predicted molar refractivity (Wildman–Crippen MR) is 72.7 cm³/mol. The molecule has 2 rings (SSSR count). The largest absolute Gasteiger partial charge is 0.347 e. The van der Waals surface area contributed by atoms with Gasteiger partial charge in [-0.3, -0.25) is 0 Å². The fourth-order valence-corrected chi connectivity index (χ4v) is 1.94. The molecule has 1 aromatic heterocycles. The fourth-order valence-electron chi connectivity index (χ4n) is 1.24. The van der Waals surface area contributed by atoms with Gasteiger partial charge in [-0.25, -0.2) is 9.67 Å². The number of rotatable bonds is 3. The van der Waals surface area contributed by atoms with E-state index in [4.69, 9.17) is 35.4 Å². The van der Waals surface area contributed by atoms with Gasteiger partial charge in [0.2, 0.25) is 0 Å². The number of hydrogen-bond acceptors (Lipinski definition) is 3. The molecule has 0 bridgehead atoms. The fraction of sp³-hybridized carbons (Fsp3) is 0.100. The molecule has 0 saturated carbocycles. The molecule has 0 unspecified atom stereocenters. The van der Waals surface area contributed by atoms with E-state index < -0.39 is 0 Å². The molecule has 7 heteroatoms. The van der Waals surface area contributed by atoms with Gasteiger partial charge in [-0.2, -0.15) is 5.10 Å². The van der Waals surface area contributed by atoms with E-state index >= 15 is 0 Å². The second-order valence-corrected chi connectivity index (χ2v) is 4.60. The van der Waals surface area contributed by atoms with Crippen LogP contribution >= 0.6 is 35.4 Å². The molecule has 0 spiro atoms. The first-order valence-electron chi connectivity index (χ1n) is 4.72. The lowest BCUT2D eigenvalue weighted by molar-refractivity contribution is 0.726. The second kappa shape index (κ2) is 5.44. The third-order valence-corrected chi connectivity index (χ3v) is 2.76. The molecule has 4 nitrogen and oxygen atoms in total. The first kappa shape index (κ1) is 12.3. The van der Waals surface area contributed by atoms with Gasteiger partial charge in [0, 0.05) is 5.02 Å². The average Bonchev–Trinajstić information content (AvgIpc) is 2.75. The number of anilines is 1. The molecular formula is C10H8Cl2N4S. The van der Waals surface area contributed by atoms with Crippen LogP contribution in [0.3, 0.4) is 0 Å². The van der Waals surface area contributed by atoms with E-state index in [2.05, 4.69) is 15.4 Å². The first-order valence-corrected chi connectivity index (χ1v) is 5.89. The van der Waals surface area contributed by atoms with Gasteiger partial charge in [0.25, 0.3) is 0 Å². The topological polar surface area (TPSA) is 42.7 Å². The van der Waals surface area contributed by atoms with Crippen LogP contribution in [-0.2, 0) is 6.54 Å². The Balaban J connectivity index is 2.03. The molecule has 0 aliphatic heterocycles. The maximum absolute atomic E-state index is 6.01. The molecule has 2 aromatic rings. The maximum Gasteiger partial charge on any atom is 0.137 e. The maximum atomic E-state index is 6.01. The lowest BCUT2D eigenvalue weighted by Gasteiger charge is -2.09. The minimum atomic E-state index is 0.453.